The first-order valence-electron chi connectivity index (χ1n) is 12.2. The number of carbonyl (C=O) groups excluding carboxylic acids is 1. The van der Waals surface area contributed by atoms with Gasteiger partial charge in [0.05, 0.1) is 0 Å². The van der Waals surface area contributed by atoms with Gasteiger partial charge < -0.3 is 15.2 Å². The van der Waals surface area contributed by atoms with Crippen molar-refractivity contribution in [1.82, 2.24) is 9.88 Å². The van der Waals surface area contributed by atoms with E-state index in [-0.39, 0.29) is 24.2 Å². The van der Waals surface area contributed by atoms with Crippen LogP contribution in [0.2, 0.25) is 0 Å². The lowest BCUT2D eigenvalue weighted by Crippen LogP contribution is -2.26. The third kappa shape index (κ3) is 5.28. The highest BCUT2D eigenvalue weighted by atomic mass is 35.5. The number of hydrogen-bond acceptors (Lipinski definition) is 2. The summed E-state index contributed by atoms with van der Waals surface area (Å²) in [5, 5.41) is 4.59. The van der Waals surface area contributed by atoms with E-state index in [9.17, 15) is 4.79 Å². The van der Waals surface area contributed by atoms with Crippen LogP contribution in [0.15, 0.2) is 42.6 Å². The van der Waals surface area contributed by atoms with Crippen LogP contribution in [-0.4, -0.2) is 35.4 Å². The summed E-state index contributed by atoms with van der Waals surface area (Å²) in [6, 6.07) is 13.0. The number of fused-ring (bicyclic) bond motifs is 2. The maximum Gasteiger partial charge on any atom is 0.227 e. The van der Waals surface area contributed by atoms with Gasteiger partial charge in [0.1, 0.15) is 0 Å². The molecule has 3 heterocycles. The molecule has 0 saturated carbocycles. The fourth-order valence-electron chi connectivity index (χ4n) is 5.66. The molecule has 0 aliphatic carbocycles. The summed E-state index contributed by atoms with van der Waals surface area (Å²) in [7, 11) is 0. The molecule has 1 aromatic heterocycles. The molecule has 1 fully saturated rings. The predicted molar refractivity (Wildman–Crippen MR) is 139 cm³/mol. The van der Waals surface area contributed by atoms with Crippen LogP contribution < -0.4 is 5.32 Å². The van der Waals surface area contributed by atoms with E-state index in [1.807, 2.05) is 0 Å². The van der Waals surface area contributed by atoms with Gasteiger partial charge in [-0.15, -0.1) is 12.4 Å². The molecule has 2 N–H and O–H groups in total. The van der Waals surface area contributed by atoms with E-state index in [1.165, 1.54) is 52.5 Å². The monoisotopic (exact) mass is 465 g/mol. The molecular weight excluding hydrogens is 430 g/mol. The molecular formula is C28H36ClN3O. The number of anilines is 1. The van der Waals surface area contributed by atoms with Gasteiger partial charge in [-0.3, -0.25) is 4.79 Å². The second kappa shape index (κ2) is 10.3. The van der Waals surface area contributed by atoms with Gasteiger partial charge in [0.2, 0.25) is 5.91 Å². The van der Waals surface area contributed by atoms with Crippen LogP contribution in [0.25, 0.3) is 10.9 Å². The van der Waals surface area contributed by atoms with Gasteiger partial charge in [-0.25, -0.2) is 0 Å². The maximum atomic E-state index is 12.9. The lowest BCUT2D eigenvalue weighted by atomic mass is 9.89. The lowest BCUT2D eigenvalue weighted by Gasteiger charge is -2.19. The fraction of sp³-hybridized carbons (Fsp3) is 0.464. The molecule has 176 valence electrons. The van der Waals surface area contributed by atoms with Gasteiger partial charge in [-0.1, -0.05) is 24.3 Å². The summed E-state index contributed by atoms with van der Waals surface area (Å²) < 4.78 is 0. The molecule has 5 rings (SSSR count). The van der Waals surface area contributed by atoms with Crippen LogP contribution in [0, 0.1) is 25.7 Å². The van der Waals surface area contributed by atoms with Crippen LogP contribution in [0.1, 0.15) is 47.9 Å². The highest BCUT2D eigenvalue weighted by Gasteiger charge is 2.30. The van der Waals surface area contributed by atoms with Crippen molar-refractivity contribution >= 4 is 34.9 Å². The first-order valence-corrected chi connectivity index (χ1v) is 12.2. The third-order valence-electron chi connectivity index (χ3n) is 7.69. The van der Waals surface area contributed by atoms with E-state index in [2.05, 4.69) is 71.6 Å². The molecule has 1 saturated heterocycles. The molecule has 2 aliphatic heterocycles. The smallest absolute Gasteiger partial charge is 0.227 e. The highest BCUT2D eigenvalue weighted by molar-refractivity contribution is 5.94. The van der Waals surface area contributed by atoms with E-state index < -0.39 is 0 Å². The number of benzene rings is 2. The van der Waals surface area contributed by atoms with Crippen LogP contribution in [0.3, 0.4) is 0 Å². The maximum absolute atomic E-state index is 12.9. The molecule has 3 aromatic rings. The quantitative estimate of drug-likeness (QED) is 0.465. The number of nitrogens with one attached hydrogen (secondary N) is 2. The van der Waals surface area contributed by atoms with Crippen LogP contribution in [0.5, 0.6) is 0 Å². The Morgan fingerprint density at radius 2 is 1.91 bits per heavy atom. The van der Waals surface area contributed by atoms with Crippen molar-refractivity contribution in [3.05, 3.63) is 64.8 Å². The van der Waals surface area contributed by atoms with Crippen LogP contribution in [-0.2, 0) is 17.6 Å². The Labute approximate surface area is 203 Å². The minimum atomic E-state index is 0. The molecule has 33 heavy (non-hydrogen) atoms. The van der Waals surface area contributed by atoms with Gasteiger partial charge in [0.15, 0.2) is 0 Å². The normalized spacial score (nSPS) is 20.8. The molecule has 1 amide bonds. The van der Waals surface area contributed by atoms with Crippen molar-refractivity contribution in [2.24, 2.45) is 11.8 Å². The minimum Gasteiger partial charge on any atom is -0.361 e. The Kier molecular flexibility index (Phi) is 7.45. The largest absolute Gasteiger partial charge is 0.361 e. The zero-order chi connectivity index (χ0) is 22.1. The SMILES string of the molecule is Cc1cc2c(cc1C)NC(=O)C(CC1CCN(CCCc3c[nH]c4ccccc34)C1)CC2.Cl. The Bertz CT molecular complexity index is 1120. The van der Waals surface area contributed by atoms with Crippen molar-refractivity contribution in [3.8, 4) is 0 Å². The number of carbonyl (C=O) groups is 1. The molecule has 2 unspecified atom stereocenters. The molecule has 2 atom stereocenters. The van der Waals surface area contributed by atoms with Gasteiger partial charge in [-0.2, -0.15) is 0 Å². The van der Waals surface area contributed by atoms with Crippen molar-refractivity contribution in [3.63, 3.8) is 0 Å². The van der Waals surface area contributed by atoms with Gasteiger partial charge in [0, 0.05) is 35.2 Å². The van der Waals surface area contributed by atoms with Crippen molar-refractivity contribution in [2.45, 2.75) is 52.4 Å². The lowest BCUT2D eigenvalue weighted by molar-refractivity contribution is -0.120. The van der Waals surface area contributed by atoms with Crippen molar-refractivity contribution in [1.29, 1.82) is 0 Å². The number of nitrogens with zero attached hydrogens (tertiary/aromatic N) is 1. The average Bonchev–Trinajstić information content (AvgIpc) is 3.37. The fourth-order valence-corrected chi connectivity index (χ4v) is 5.66. The number of H-pyrrole nitrogens is 1. The Morgan fingerprint density at radius 1 is 1.09 bits per heavy atom. The molecule has 2 aliphatic rings. The van der Waals surface area contributed by atoms with E-state index >= 15 is 0 Å². The predicted octanol–water partition coefficient (Wildman–Crippen LogP) is 6.05. The molecule has 4 nitrogen and oxygen atoms in total. The van der Waals surface area contributed by atoms with Gasteiger partial charge >= 0.3 is 0 Å². The van der Waals surface area contributed by atoms with E-state index in [1.54, 1.807) is 0 Å². The first-order chi connectivity index (χ1) is 15.6. The zero-order valence-corrected chi connectivity index (χ0v) is 20.6. The topological polar surface area (TPSA) is 48.1 Å². The Morgan fingerprint density at radius 3 is 2.79 bits per heavy atom. The molecule has 2 aromatic carbocycles. The summed E-state index contributed by atoms with van der Waals surface area (Å²) in [4.78, 5) is 18.9. The summed E-state index contributed by atoms with van der Waals surface area (Å²) >= 11 is 0. The second-order valence-corrected chi connectivity index (χ2v) is 9.97. The standard InChI is InChI=1S/C28H35N3O.ClH/c1-19-14-22-9-10-23(28(32)30-27(22)15-20(19)2)16-21-11-13-31(18-21)12-5-6-24-17-29-26-8-4-3-7-25(24)26;/h3-4,7-8,14-15,17,21,23,29H,5-6,9-13,16,18H2,1-2H3,(H,30,32);1H. The Balaban J connectivity index is 0.00000259. The number of rotatable bonds is 6. The number of amides is 1. The van der Waals surface area contributed by atoms with Crippen LogP contribution in [0.4, 0.5) is 5.69 Å². The van der Waals surface area contributed by atoms with E-state index in [0.29, 0.717) is 5.92 Å². The number of halogens is 1. The second-order valence-electron chi connectivity index (χ2n) is 9.97. The minimum absolute atomic E-state index is 0. The Hall–Kier alpha value is -2.30. The van der Waals surface area contributed by atoms with Crippen LogP contribution >= 0.6 is 12.4 Å². The number of hydrogen-bond donors (Lipinski definition) is 2. The molecule has 0 spiro atoms. The number of aromatic nitrogens is 1. The molecule has 5 heteroatoms. The highest BCUT2D eigenvalue weighted by Crippen LogP contribution is 2.32. The van der Waals surface area contributed by atoms with Gasteiger partial charge in [-0.05, 0) is 106 Å². The third-order valence-corrected chi connectivity index (χ3v) is 7.69. The summed E-state index contributed by atoms with van der Waals surface area (Å²) in [5.74, 6) is 1.01. The first kappa shape index (κ1) is 23.8. The molecule has 0 radical (unpaired) electrons. The average molecular weight is 466 g/mol. The summed E-state index contributed by atoms with van der Waals surface area (Å²) in [5.41, 5.74) is 7.56. The zero-order valence-electron chi connectivity index (χ0n) is 19.8. The van der Waals surface area contributed by atoms with Crippen molar-refractivity contribution in [2.75, 3.05) is 25.0 Å². The number of aryl methyl sites for hydroxylation is 4. The number of para-hydroxylation sites is 1. The summed E-state index contributed by atoms with van der Waals surface area (Å²) in [6.07, 6.45) is 8.70. The molecule has 0 bridgehead atoms. The van der Waals surface area contributed by atoms with E-state index in [0.717, 1.165) is 44.5 Å². The number of likely N-dealkylation sites (tertiary alicyclic amines) is 1. The van der Waals surface area contributed by atoms with E-state index in [4.69, 9.17) is 0 Å². The van der Waals surface area contributed by atoms with Gasteiger partial charge in [0.25, 0.3) is 0 Å². The summed E-state index contributed by atoms with van der Waals surface area (Å²) in [6.45, 7) is 7.74. The number of aromatic amines is 1. The van der Waals surface area contributed by atoms with Crippen molar-refractivity contribution < 1.29 is 4.79 Å².